The Morgan fingerprint density at radius 1 is 1.75 bits per heavy atom. The van der Waals surface area contributed by atoms with Crippen molar-refractivity contribution < 1.29 is 9.53 Å². The molecule has 3 atom stereocenters. The number of ether oxygens (including phenoxy) is 1. The highest BCUT2D eigenvalue weighted by molar-refractivity contribution is 5.81. The molecule has 2 aliphatic rings. The van der Waals surface area contributed by atoms with Gasteiger partial charge >= 0.3 is 5.97 Å². The Balaban J connectivity index is 1.86. The first-order valence-electron chi connectivity index (χ1n) is 4.49. The van der Waals surface area contributed by atoms with E-state index in [1.54, 1.807) is 0 Å². The lowest BCUT2D eigenvalue weighted by molar-refractivity contribution is -0.196. The predicted octanol–water partition coefficient (Wildman–Crippen LogP) is 1.90. The highest BCUT2D eigenvalue weighted by Gasteiger charge is 2.58. The quantitative estimate of drug-likeness (QED) is 0.462. The third-order valence-electron chi connectivity index (χ3n) is 3.47. The Hall–Kier alpha value is -0.790. The van der Waals surface area contributed by atoms with E-state index in [2.05, 4.69) is 13.5 Å². The summed E-state index contributed by atoms with van der Waals surface area (Å²) in [6.45, 7) is 5.65. The molecular formula is C10H14O2. The van der Waals surface area contributed by atoms with E-state index < -0.39 is 0 Å². The van der Waals surface area contributed by atoms with Gasteiger partial charge in [0.2, 0.25) is 0 Å². The Morgan fingerprint density at radius 3 is 2.83 bits per heavy atom. The molecule has 3 unspecified atom stereocenters. The van der Waals surface area contributed by atoms with Crippen LogP contribution in [0.2, 0.25) is 0 Å². The van der Waals surface area contributed by atoms with Gasteiger partial charge in [-0.05, 0) is 24.7 Å². The molecule has 2 saturated carbocycles. The summed E-state index contributed by atoms with van der Waals surface area (Å²) in [4.78, 5) is 10.9. The minimum atomic E-state index is -0.269. The minimum Gasteiger partial charge on any atom is -0.459 e. The second kappa shape index (κ2) is 2.35. The molecule has 0 spiro atoms. The van der Waals surface area contributed by atoms with Crippen LogP contribution in [0.1, 0.15) is 26.2 Å². The summed E-state index contributed by atoms with van der Waals surface area (Å²) >= 11 is 0. The van der Waals surface area contributed by atoms with Crippen molar-refractivity contribution in [2.24, 2.45) is 11.3 Å². The normalized spacial score (nSPS) is 43.4. The molecule has 2 heteroatoms. The smallest absolute Gasteiger partial charge is 0.330 e. The van der Waals surface area contributed by atoms with Crippen LogP contribution in [0.4, 0.5) is 0 Å². The first kappa shape index (κ1) is 7.84. The maximum Gasteiger partial charge on any atom is 0.330 e. The van der Waals surface area contributed by atoms with Crippen molar-refractivity contribution in [3.05, 3.63) is 12.7 Å². The van der Waals surface area contributed by atoms with Crippen molar-refractivity contribution in [1.29, 1.82) is 0 Å². The zero-order valence-corrected chi connectivity index (χ0v) is 7.38. The monoisotopic (exact) mass is 166 g/mol. The van der Waals surface area contributed by atoms with E-state index in [0.717, 1.165) is 6.42 Å². The van der Waals surface area contributed by atoms with E-state index in [1.165, 1.54) is 18.9 Å². The Kier molecular flexibility index (Phi) is 1.53. The first-order chi connectivity index (χ1) is 5.65. The minimum absolute atomic E-state index is 0.189. The zero-order valence-electron chi connectivity index (χ0n) is 7.38. The molecule has 0 heterocycles. The lowest BCUT2D eigenvalue weighted by Crippen LogP contribution is -2.58. The summed E-state index contributed by atoms with van der Waals surface area (Å²) in [6.07, 6.45) is 5.02. The molecule has 2 aliphatic carbocycles. The maximum atomic E-state index is 10.9. The van der Waals surface area contributed by atoms with Crippen molar-refractivity contribution >= 4 is 5.97 Å². The molecule has 0 bridgehead atoms. The Labute approximate surface area is 72.6 Å². The number of rotatable bonds is 2. The number of carbonyl (C=O) groups is 1. The second-order valence-corrected chi connectivity index (χ2v) is 4.18. The third-order valence-corrected chi connectivity index (χ3v) is 3.47. The van der Waals surface area contributed by atoms with Crippen LogP contribution < -0.4 is 0 Å². The largest absolute Gasteiger partial charge is 0.459 e. The van der Waals surface area contributed by atoms with E-state index >= 15 is 0 Å². The highest BCUT2D eigenvalue weighted by Crippen LogP contribution is 2.61. The molecule has 0 aromatic carbocycles. The lowest BCUT2D eigenvalue weighted by Gasteiger charge is -2.60. The summed E-state index contributed by atoms with van der Waals surface area (Å²) in [6, 6.07) is 0. The van der Waals surface area contributed by atoms with Gasteiger partial charge in [-0.15, -0.1) is 0 Å². The molecule has 0 aliphatic heterocycles. The van der Waals surface area contributed by atoms with E-state index in [-0.39, 0.29) is 12.1 Å². The van der Waals surface area contributed by atoms with Crippen LogP contribution in [0.25, 0.3) is 0 Å². The molecule has 0 aromatic heterocycles. The Morgan fingerprint density at radius 2 is 2.50 bits per heavy atom. The summed E-state index contributed by atoms with van der Waals surface area (Å²) in [5.41, 5.74) is 0.506. The first-order valence-corrected chi connectivity index (χ1v) is 4.49. The zero-order chi connectivity index (χ0) is 8.77. The van der Waals surface area contributed by atoms with Gasteiger partial charge in [-0.1, -0.05) is 13.5 Å². The van der Waals surface area contributed by atoms with Gasteiger partial charge in [0.1, 0.15) is 6.10 Å². The van der Waals surface area contributed by atoms with Gasteiger partial charge in [0.05, 0.1) is 0 Å². The molecule has 0 saturated heterocycles. The number of esters is 1. The molecule has 2 nitrogen and oxygen atoms in total. The van der Waals surface area contributed by atoms with Crippen LogP contribution in [0.15, 0.2) is 12.7 Å². The van der Waals surface area contributed by atoms with Crippen LogP contribution in [0.3, 0.4) is 0 Å². The third kappa shape index (κ3) is 0.904. The van der Waals surface area contributed by atoms with E-state index in [4.69, 9.17) is 4.74 Å². The fourth-order valence-electron chi connectivity index (χ4n) is 2.45. The maximum absolute atomic E-state index is 10.9. The van der Waals surface area contributed by atoms with Gasteiger partial charge in [0.15, 0.2) is 0 Å². The SMILES string of the molecule is C=CC(=O)OC1CC2(C)CCC12. The standard InChI is InChI=1S/C10H14O2/c1-3-9(11)12-8-6-10(2)5-4-7(8)10/h3,7-8H,1,4-6H2,2H3. The van der Waals surface area contributed by atoms with Crippen molar-refractivity contribution in [3.8, 4) is 0 Å². The van der Waals surface area contributed by atoms with Crippen molar-refractivity contribution in [2.45, 2.75) is 32.3 Å². The molecule has 66 valence electrons. The van der Waals surface area contributed by atoms with Crippen LogP contribution in [-0.2, 0) is 9.53 Å². The van der Waals surface area contributed by atoms with E-state index in [9.17, 15) is 4.79 Å². The summed E-state index contributed by atoms with van der Waals surface area (Å²) in [7, 11) is 0. The number of hydrogen-bond donors (Lipinski definition) is 0. The van der Waals surface area contributed by atoms with Crippen LogP contribution in [-0.4, -0.2) is 12.1 Å². The molecular weight excluding hydrogens is 152 g/mol. The van der Waals surface area contributed by atoms with Crippen molar-refractivity contribution in [2.75, 3.05) is 0 Å². The second-order valence-electron chi connectivity index (χ2n) is 4.18. The summed E-state index contributed by atoms with van der Waals surface area (Å²) < 4.78 is 5.18. The summed E-state index contributed by atoms with van der Waals surface area (Å²) in [5, 5.41) is 0. The molecule has 0 radical (unpaired) electrons. The lowest BCUT2D eigenvalue weighted by atomic mass is 9.47. The summed E-state index contributed by atoms with van der Waals surface area (Å²) in [5.74, 6) is 0.371. The topological polar surface area (TPSA) is 26.3 Å². The van der Waals surface area contributed by atoms with Crippen molar-refractivity contribution in [1.82, 2.24) is 0 Å². The van der Waals surface area contributed by atoms with Gasteiger partial charge < -0.3 is 4.74 Å². The molecule has 12 heavy (non-hydrogen) atoms. The van der Waals surface area contributed by atoms with Gasteiger partial charge in [0.25, 0.3) is 0 Å². The molecule has 0 N–H and O–H groups in total. The van der Waals surface area contributed by atoms with Crippen LogP contribution in [0, 0.1) is 11.3 Å². The Bertz CT molecular complexity index is 234. The molecule has 2 fully saturated rings. The average Bonchev–Trinajstić information content (AvgIpc) is 2.03. The van der Waals surface area contributed by atoms with Gasteiger partial charge in [0, 0.05) is 12.0 Å². The predicted molar refractivity (Wildman–Crippen MR) is 45.5 cm³/mol. The van der Waals surface area contributed by atoms with Crippen molar-refractivity contribution in [3.63, 3.8) is 0 Å². The van der Waals surface area contributed by atoms with Gasteiger partial charge in [-0.3, -0.25) is 0 Å². The molecule has 0 aromatic rings. The molecule has 0 amide bonds. The fourth-order valence-corrected chi connectivity index (χ4v) is 2.45. The van der Waals surface area contributed by atoms with Crippen LogP contribution >= 0.6 is 0 Å². The van der Waals surface area contributed by atoms with Gasteiger partial charge in [-0.2, -0.15) is 0 Å². The fraction of sp³-hybridized carbons (Fsp3) is 0.700. The highest BCUT2D eigenvalue weighted by atomic mass is 16.5. The van der Waals surface area contributed by atoms with Gasteiger partial charge in [-0.25, -0.2) is 4.79 Å². The average molecular weight is 166 g/mol. The molecule has 2 rings (SSSR count). The van der Waals surface area contributed by atoms with E-state index in [0.29, 0.717) is 11.3 Å². The van der Waals surface area contributed by atoms with Crippen LogP contribution in [0.5, 0.6) is 0 Å². The van der Waals surface area contributed by atoms with E-state index in [1.807, 2.05) is 0 Å². The number of carbonyl (C=O) groups excluding carboxylic acids is 1. The number of fused-ring (bicyclic) bond motifs is 1. The number of hydrogen-bond acceptors (Lipinski definition) is 2.